The van der Waals surface area contributed by atoms with Crippen LogP contribution in [0.4, 0.5) is 4.39 Å². The van der Waals surface area contributed by atoms with E-state index in [1.165, 1.54) is 6.07 Å². The molecule has 3 nitrogen and oxygen atoms in total. The lowest BCUT2D eigenvalue weighted by molar-refractivity contribution is -0.479. The minimum Gasteiger partial charge on any atom is -0.265 e. The van der Waals surface area contributed by atoms with Gasteiger partial charge < -0.3 is 0 Å². The molecule has 0 spiro atoms. The third-order valence-electron chi connectivity index (χ3n) is 1.61. The van der Waals surface area contributed by atoms with Crippen LogP contribution in [0.15, 0.2) is 22.7 Å². The van der Waals surface area contributed by atoms with Crippen LogP contribution < -0.4 is 0 Å². The van der Waals surface area contributed by atoms with Gasteiger partial charge in [0.25, 0.3) is 0 Å². The van der Waals surface area contributed by atoms with Crippen molar-refractivity contribution in [2.45, 2.75) is 6.42 Å². The molecule has 0 radical (unpaired) electrons. The average molecular weight is 248 g/mol. The van der Waals surface area contributed by atoms with Crippen molar-refractivity contribution in [1.29, 1.82) is 0 Å². The van der Waals surface area contributed by atoms with Crippen LogP contribution in [0.5, 0.6) is 0 Å². The average Bonchev–Trinajstić information content (AvgIpc) is 2.03. The molecule has 0 atom stereocenters. The number of nitrogens with zero attached hydrogens (tertiary/aromatic N) is 1. The first-order valence-corrected chi connectivity index (χ1v) is 4.45. The van der Waals surface area contributed by atoms with E-state index in [0.29, 0.717) is 10.0 Å². The predicted octanol–water partition coefficient (Wildman–Crippen LogP) is 2.41. The summed E-state index contributed by atoms with van der Waals surface area (Å²) in [7, 11) is 0. The molecule has 0 N–H and O–H groups in total. The molecule has 0 aliphatic carbocycles. The molecule has 70 valence electrons. The fourth-order valence-electron chi connectivity index (χ4n) is 0.974. The SMILES string of the molecule is O=[N+]([O-])CCc1c(F)cccc1Br. The highest BCUT2D eigenvalue weighted by Gasteiger charge is 2.08. The molecule has 0 amide bonds. The molecule has 1 aromatic rings. The number of nitro groups is 1. The first-order chi connectivity index (χ1) is 6.11. The number of hydrogen-bond acceptors (Lipinski definition) is 2. The zero-order valence-corrected chi connectivity index (χ0v) is 8.25. The van der Waals surface area contributed by atoms with Gasteiger partial charge >= 0.3 is 0 Å². The van der Waals surface area contributed by atoms with E-state index in [2.05, 4.69) is 15.9 Å². The molecule has 0 fully saturated rings. The second-order valence-corrected chi connectivity index (χ2v) is 3.36. The topological polar surface area (TPSA) is 43.1 Å². The van der Waals surface area contributed by atoms with E-state index in [-0.39, 0.29) is 13.0 Å². The van der Waals surface area contributed by atoms with Crippen molar-refractivity contribution in [3.05, 3.63) is 44.2 Å². The Morgan fingerprint density at radius 2 is 2.23 bits per heavy atom. The Kier molecular flexibility index (Phi) is 3.36. The summed E-state index contributed by atoms with van der Waals surface area (Å²) in [6.07, 6.45) is 0.111. The molecule has 0 saturated heterocycles. The Morgan fingerprint density at radius 1 is 1.54 bits per heavy atom. The van der Waals surface area contributed by atoms with E-state index < -0.39 is 10.7 Å². The molecule has 0 aliphatic heterocycles. The van der Waals surface area contributed by atoms with Crippen molar-refractivity contribution in [2.24, 2.45) is 0 Å². The van der Waals surface area contributed by atoms with Crippen molar-refractivity contribution in [1.82, 2.24) is 0 Å². The van der Waals surface area contributed by atoms with E-state index in [9.17, 15) is 14.5 Å². The second-order valence-electron chi connectivity index (χ2n) is 2.51. The Morgan fingerprint density at radius 3 is 2.77 bits per heavy atom. The van der Waals surface area contributed by atoms with Gasteiger partial charge in [0.05, 0.1) is 0 Å². The van der Waals surface area contributed by atoms with Gasteiger partial charge in [-0.25, -0.2) is 4.39 Å². The van der Waals surface area contributed by atoms with Crippen LogP contribution in [0.1, 0.15) is 5.56 Å². The monoisotopic (exact) mass is 247 g/mol. The zero-order chi connectivity index (χ0) is 9.84. The number of rotatable bonds is 3. The summed E-state index contributed by atoms with van der Waals surface area (Å²) >= 11 is 3.13. The van der Waals surface area contributed by atoms with Crippen LogP contribution in [0, 0.1) is 15.9 Å². The Hall–Kier alpha value is -0.970. The fraction of sp³-hybridized carbons (Fsp3) is 0.250. The van der Waals surface area contributed by atoms with Gasteiger partial charge in [-0.2, -0.15) is 0 Å². The lowest BCUT2D eigenvalue weighted by Gasteiger charge is -2.01. The quantitative estimate of drug-likeness (QED) is 0.608. The summed E-state index contributed by atoms with van der Waals surface area (Å²) in [4.78, 5) is 9.60. The van der Waals surface area contributed by atoms with E-state index in [1.807, 2.05) is 0 Å². The number of halogens is 2. The largest absolute Gasteiger partial charge is 0.265 e. The van der Waals surface area contributed by atoms with E-state index >= 15 is 0 Å². The first kappa shape index (κ1) is 10.1. The minimum absolute atomic E-state index is 0.111. The van der Waals surface area contributed by atoms with Crippen LogP contribution in [0.2, 0.25) is 0 Å². The van der Waals surface area contributed by atoms with Crippen LogP contribution >= 0.6 is 15.9 Å². The Balaban J connectivity index is 2.81. The van der Waals surface area contributed by atoms with Gasteiger partial charge in [0.2, 0.25) is 6.54 Å². The highest BCUT2D eigenvalue weighted by atomic mass is 79.9. The van der Waals surface area contributed by atoms with Gasteiger partial charge in [0.15, 0.2) is 0 Å². The van der Waals surface area contributed by atoms with E-state index in [4.69, 9.17) is 0 Å². The summed E-state index contributed by atoms with van der Waals surface area (Å²) < 4.78 is 13.6. The smallest absolute Gasteiger partial charge is 0.208 e. The van der Waals surface area contributed by atoms with Crippen LogP contribution in [-0.4, -0.2) is 11.5 Å². The third kappa shape index (κ3) is 2.77. The van der Waals surface area contributed by atoms with Crippen LogP contribution in [-0.2, 0) is 6.42 Å². The molecule has 0 heterocycles. The molecule has 0 bridgehead atoms. The third-order valence-corrected chi connectivity index (χ3v) is 2.35. The summed E-state index contributed by atoms with van der Waals surface area (Å²) in [6, 6.07) is 4.51. The maximum Gasteiger partial charge on any atom is 0.208 e. The molecular formula is C8H7BrFNO2. The summed E-state index contributed by atoms with van der Waals surface area (Å²) in [5, 5.41) is 10.1. The molecule has 13 heavy (non-hydrogen) atoms. The normalized spacial score (nSPS) is 10.0. The summed E-state index contributed by atoms with van der Waals surface area (Å²) in [5.74, 6) is -0.406. The van der Waals surface area contributed by atoms with Gasteiger partial charge in [-0.3, -0.25) is 10.1 Å². The molecule has 0 aliphatic rings. The van der Waals surface area contributed by atoms with E-state index in [1.54, 1.807) is 12.1 Å². The highest BCUT2D eigenvalue weighted by Crippen LogP contribution is 2.19. The Labute approximate surface area is 82.8 Å². The number of benzene rings is 1. The maximum atomic E-state index is 13.0. The molecule has 0 saturated carbocycles. The van der Waals surface area contributed by atoms with Crippen molar-refractivity contribution in [3.63, 3.8) is 0 Å². The van der Waals surface area contributed by atoms with Gasteiger partial charge in [0, 0.05) is 21.4 Å². The zero-order valence-electron chi connectivity index (χ0n) is 6.67. The molecular weight excluding hydrogens is 241 g/mol. The summed E-state index contributed by atoms with van der Waals surface area (Å²) in [5.41, 5.74) is 0.360. The second kappa shape index (κ2) is 4.32. The van der Waals surface area contributed by atoms with Crippen molar-refractivity contribution in [2.75, 3.05) is 6.54 Å². The van der Waals surface area contributed by atoms with Crippen LogP contribution in [0.3, 0.4) is 0 Å². The van der Waals surface area contributed by atoms with Gasteiger partial charge in [-0.15, -0.1) is 0 Å². The highest BCUT2D eigenvalue weighted by molar-refractivity contribution is 9.10. The molecule has 5 heteroatoms. The first-order valence-electron chi connectivity index (χ1n) is 3.66. The molecule has 0 unspecified atom stereocenters. The molecule has 1 aromatic carbocycles. The van der Waals surface area contributed by atoms with Crippen molar-refractivity contribution in [3.8, 4) is 0 Å². The van der Waals surface area contributed by atoms with Gasteiger partial charge in [0.1, 0.15) is 5.82 Å². The molecule has 1 rings (SSSR count). The predicted molar refractivity (Wildman–Crippen MR) is 49.7 cm³/mol. The number of hydrogen-bond donors (Lipinski definition) is 0. The Bertz CT molecular complexity index is 310. The summed E-state index contributed by atoms with van der Waals surface area (Å²) in [6.45, 7) is -0.250. The van der Waals surface area contributed by atoms with E-state index in [0.717, 1.165) is 0 Å². The minimum atomic E-state index is -0.459. The van der Waals surface area contributed by atoms with Crippen LogP contribution in [0.25, 0.3) is 0 Å². The standard InChI is InChI=1S/C8H7BrFNO2/c9-7-2-1-3-8(10)6(7)4-5-11(12)13/h1-3H,4-5H2. The lowest BCUT2D eigenvalue weighted by atomic mass is 10.1. The fourth-order valence-corrected chi connectivity index (χ4v) is 1.51. The van der Waals surface area contributed by atoms with Gasteiger partial charge in [-0.05, 0) is 12.1 Å². The maximum absolute atomic E-state index is 13.0. The van der Waals surface area contributed by atoms with Gasteiger partial charge in [-0.1, -0.05) is 22.0 Å². The van der Waals surface area contributed by atoms with Crippen molar-refractivity contribution >= 4 is 15.9 Å². The molecule has 0 aromatic heterocycles. The lowest BCUT2D eigenvalue weighted by Crippen LogP contribution is -2.05. The van der Waals surface area contributed by atoms with Crippen molar-refractivity contribution < 1.29 is 9.31 Å².